The number of nitrogens with zero attached hydrogens (tertiary/aromatic N) is 3. The summed E-state index contributed by atoms with van der Waals surface area (Å²) in [7, 11) is 0. The number of benzene rings is 3. The van der Waals surface area contributed by atoms with E-state index in [4.69, 9.17) is 4.98 Å². The average Bonchev–Trinajstić information content (AvgIpc) is 2.91. The summed E-state index contributed by atoms with van der Waals surface area (Å²) in [5.41, 5.74) is 2.65. The molecular weight excluding hydrogens is 479 g/mol. The molecule has 3 aromatic carbocycles. The minimum atomic E-state index is -0.495. The Morgan fingerprint density at radius 3 is 2.42 bits per heavy atom. The highest BCUT2D eigenvalue weighted by Gasteiger charge is 2.29. The van der Waals surface area contributed by atoms with Crippen molar-refractivity contribution >= 4 is 22.6 Å². The monoisotopic (exact) mass is 514 g/mol. The molecule has 0 aliphatic heterocycles. The van der Waals surface area contributed by atoms with Crippen LogP contribution in [0.5, 0.6) is 0 Å². The highest BCUT2D eigenvalue weighted by atomic mass is 19.1. The second-order valence-electron chi connectivity index (χ2n) is 9.89. The van der Waals surface area contributed by atoms with Crippen molar-refractivity contribution in [2.75, 3.05) is 11.9 Å². The molecule has 0 saturated heterocycles. The molecule has 1 heterocycles. The fraction of sp³-hybridized carbons (Fsp3) is 0.323. The van der Waals surface area contributed by atoms with E-state index in [1.807, 2.05) is 49.4 Å². The first kappa shape index (κ1) is 27.0. The molecule has 0 radical (unpaired) electrons. The van der Waals surface area contributed by atoms with Crippen LogP contribution in [0.1, 0.15) is 58.0 Å². The zero-order chi connectivity index (χ0) is 27.2. The Kier molecular flexibility index (Phi) is 8.56. The van der Waals surface area contributed by atoms with Crippen LogP contribution < -0.4 is 10.9 Å². The summed E-state index contributed by atoms with van der Waals surface area (Å²) in [5, 5.41) is 3.37. The maximum atomic E-state index is 13.9. The second-order valence-corrected chi connectivity index (χ2v) is 9.89. The van der Waals surface area contributed by atoms with Crippen molar-refractivity contribution < 1.29 is 9.18 Å². The first-order valence-electron chi connectivity index (χ1n) is 13.3. The highest BCUT2D eigenvalue weighted by molar-refractivity contribution is 5.89. The van der Waals surface area contributed by atoms with Gasteiger partial charge in [-0.2, -0.15) is 0 Å². The number of hydrogen-bond acceptors (Lipinski definition) is 3. The Bertz CT molecular complexity index is 1460. The van der Waals surface area contributed by atoms with E-state index in [0.29, 0.717) is 47.0 Å². The van der Waals surface area contributed by atoms with E-state index in [9.17, 15) is 14.0 Å². The molecule has 0 spiro atoms. The number of halogens is 1. The van der Waals surface area contributed by atoms with E-state index >= 15 is 0 Å². The molecule has 0 fully saturated rings. The standard InChI is InChI=1S/C31H35FN4O2/c1-5-22-14-16-25(17-15-22)36-29(34-27-13-8-7-12-26(27)30(36)37)28(6-2)35(19-18-21(3)4)31(38)33-24-11-9-10-23(32)20-24/h7-17,20-21,28H,5-6,18-19H2,1-4H3,(H,33,38). The minimum Gasteiger partial charge on any atom is -0.314 e. The molecule has 0 aliphatic carbocycles. The fourth-order valence-electron chi connectivity index (χ4n) is 4.60. The van der Waals surface area contributed by atoms with Crippen LogP contribution in [0.15, 0.2) is 77.6 Å². The molecule has 0 bridgehead atoms. The Morgan fingerprint density at radius 1 is 1.03 bits per heavy atom. The lowest BCUT2D eigenvalue weighted by Crippen LogP contribution is -2.41. The van der Waals surface area contributed by atoms with Crippen molar-refractivity contribution in [1.29, 1.82) is 0 Å². The predicted octanol–water partition coefficient (Wildman–Crippen LogP) is 7.12. The Morgan fingerprint density at radius 2 is 1.76 bits per heavy atom. The van der Waals surface area contributed by atoms with Crippen LogP contribution in [-0.4, -0.2) is 27.0 Å². The quantitative estimate of drug-likeness (QED) is 0.259. The van der Waals surface area contributed by atoms with E-state index in [1.54, 1.807) is 27.7 Å². The number of aromatic nitrogens is 2. The van der Waals surface area contributed by atoms with Gasteiger partial charge in [0, 0.05) is 12.2 Å². The van der Waals surface area contributed by atoms with Crippen LogP contribution in [0.25, 0.3) is 16.6 Å². The predicted molar refractivity (Wildman–Crippen MR) is 151 cm³/mol. The van der Waals surface area contributed by atoms with Gasteiger partial charge in [-0.25, -0.2) is 14.2 Å². The third kappa shape index (κ3) is 5.93. The summed E-state index contributed by atoms with van der Waals surface area (Å²) in [6.45, 7) is 8.72. The number of hydrogen-bond donors (Lipinski definition) is 1. The molecule has 0 aliphatic rings. The molecular formula is C31H35FN4O2. The number of rotatable bonds is 9. The zero-order valence-electron chi connectivity index (χ0n) is 22.4. The van der Waals surface area contributed by atoms with E-state index in [2.05, 4.69) is 26.1 Å². The van der Waals surface area contributed by atoms with Crippen molar-refractivity contribution in [3.63, 3.8) is 0 Å². The molecule has 1 atom stereocenters. The Balaban J connectivity index is 1.86. The molecule has 7 heteroatoms. The molecule has 1 unspecified atom stereocenters. The van der Waals surface area contributed by atoms with Gasteiger partial charge < -0.3 is 10.2 Å². The summed E-state index contributed by atoms with van der Waals surface area (Å²) in [6, 6.07) is 20.1. The van der Waals surface area contributed by atoms with Gasteiger partial charge in [0.1, 0.15) is 11.6 Å². The maximum Gasteiger partial charge on any atom is 0.322 e. The molecule has 1 aromatic heterocycles. The normalized spacial score (nSPS) is 12.1. The zero-order valence-corrected chi connectivity index (χ0v) is 22.4. The van der Waals surface area contributed by atoms with Crippen molar-refractivity contribution in [3.05, 3.63) is 100 Å². The van der Waals surface area contributed by atoms with Crippen molar-refractivity contribution in [1.82, 2.24) is 14.5 Å². The highest BCUT2D eigenvalue weighted by Crippen LogP contribution is 2.28. The minimum absolute atomic E-state index is 0.178. The number of amides is 2. The first-order valence-corrected chi connectivity index (χ1v) is 13.3. The summed E-state index contributed by atoms with van der Waals surface area (Å²) >= 11 is 0. The topological polar surface area (TPSA) is 67.2 Å². The third-order valence-electron chi connectivity index (χ3n) is 6.75. The Labute approximate surface area is 223 Å². The molecule has 2 amide bonds. The van der Waals surface area contributed by atoms with Crippen LogP contribution in [0.4, 0.5) is 14.9 Å². The molecule has 1 N–H and O–H groups in total. The van der Waals surface area contributed by atoms with Crippen LogP contribution in [0.2, 0.25) is 0 Å². The van der Waals surface area contributed by atoms with E-state index in [-0.39, 0.29) is 11.6 Å². The first-order chi connectivity index (χ1) is 18.3. The number of urea groups is 1. The van der Waals surface area contributed by atoms with Crippen LogP contribution >= 0.6 is 0 Å². The number of fused-ring (bicyclic) bond motifs is 1. The van der Waals surface area contributed by atoms with Crippen LogP contribution in [0.3, 0.4) is 0 Å². The summed E-state index contributed by atoms with van der Waals surface area (Å²) in [5.74, 6) is 0.424. The molecule has 0 saturated carbocycles. The maximum absolute atomic E-state index is 13.9. The van der Waals surface area contributed by atoms with Gasteiger partial charge >= 0.3 is 6.03 Å². The smallest absolute Gasteiger partial charge is 0.314 e. The van der Waals surface area contributed by atoms with Gasteiger partial charge in [-0.15, -0.1) is 0 Å². The molecule has 6 nitrogen and oxygen atoms in total. The van der Waals surface area contributed by atoms with Crippen molar-refractivity contribution in [3.8, 4) is 5.69 Å². The van der Waals surface area contributed by atoms with E-state index < -0.39 is 11.9 Å². The lowest BCUT2D eigenvalue weighted by atomic mass is 10.1. The molecule has 4 rings (SSSR count). The van der Waals surface area contributed by atoms with Crippen LogP contribution in [0, 0.1) is 11.7 Å². The van der Waals surface area contributed by atoms with Gasteiger partial charge in [0.25, 0.3) is 5.56 Å². The number of carbonyl (C=O) groups is 1. The number of aryl methyl sites for hydroxylation is 1. The van der Waals surface area contributed by atoms with E-state index in [0.717, 1.165) is 18.4 Å². The summed E-state index contributed by atoms with van der Waals surface area (Å²) < 4.78 is 15.5. The largest absolute Gasteiger partial charge is 0.322 e. The molecule has 198 valence electrons. The van der Waals surface area contributed by atoms with Gasteiger partial charge in [-0.3, -0.25) is 9.36 Å². The Hall–Kier alpha value is -4.00. The van der Waals surface area contributed by atoms with Crippen molar-refractivity contribution in [2.45, 2.75) is 53.0 Å². The lowest BCUT2D eigenvalue weighted by molar-refractivity contribution is 0.176. The number of anilines is 1. The van der Waals surface area contributed by atoms with Gasteiger partial charge in [0.15, 0.2) is 0 Å². The van der Waals surface area contributed by atoms with Gasteiger partial charge in [-0.05, 0) is 73.2 Å². The number of carbonyl (C=O) groups excluding carboxylic acids is 1. The molecule has 38 heavy (non-hydrogen) atoms. The molecule has 4 aromatic rings. The average molecular weight is 515 g/mol. The SMILES string of the molecule is CCc1ccc(-n2c(C(CC)N(CCC(C)C)C(=O)Nc3cccc(F)c3)nc3ccccc3c2=O)cc1. The lowest BCUT2D eigenvalue weighted by Gasteiger charge is -2.33. The second kappa shape index (κ2) is 12.0. The summed E-state index contributed by atoms with van der Waals surface area (Å²) in [4.78, 5) is 34.2. The third-order valence-corrected chi connectivity index (χ3v) is 6.75. The number of para-hydroxylation sites is 1. The van der Waals surface area contributed by atoms with Crippen LogP contribution in [-0.2, 0) is 6.42 Å². The van der Waals surface area contributed by atoms with Gasteiger partial charge in [0.05, 0.1) is 22.6 Å². The number of nitrogens with one attached hydrogen (secondary N) is 1. The van der Waals surface area contributed by atoms with Gasteiger partial charge in [0.2, 0.25) is 0 Å². The van der Waals surface area contributed by atoms with Gasteiger partial charge in [-0.1, -0.05) is 58.0 Å². The van der Waals surface area contributed by atoms with Crippen molar-refractivity contribution in [2.24, 2.45) is 5.92 Å². The van der Waals surface area contributed by atoms with E-state index in [1.165, 1.54) is 12.1 Å². The fourth-order valence-corrected chi connectivity index (χ4v) is 4.60. The summed E-state index contributed by atoms with van der Waals surface area (Å²) in [6.07, 6.45) is 2.18.